The Morgan fingerprint density at radius 1 is 1.14 bits per heavy atom. The quantitative estimate of drug-likeness (QED) is 0.693. The van der Waals surface area contributed by atoms with E-state index in [4.69, 9.17) is 0 Å². The van der Waals surface area contributed by atoms with Crippen molar-refractivity contribution in [1.82, 2.24) is 15.2 Å². The molecule has 1 N–H and O–H groups in total. The van der Waals surface area contributed by atoms with Crippen molar-refractivity contribution in [3.05, 3.63) is 59.5 Å². The van der Waals surface area contributed by atoms with Gasteiger partial charge < -0.3 is 10.2 Å². The van der Waals surface area contributed by atoms with E-state index in [9.17, 15) is 14.0 Å². The first-order valence-electron chi connectivity index (χ1n) is 9.87. The first-order chi connectivity index (χ1) is 13.9. The van der Waals surface area contributed by atoms with Crippen LogP contribution in [0.5, 0.6) is 0 Å². The number of nitrogens with zero attached hydrogens (tertiary/aromatic N) is 2. The van der Waals surface area contributed by atoms with Crippen LogP contribution in [0.1, 0.15) is 48.7 Å². The summed E-state index contributed by atoms with van der Waals surface area (Å²) < 4.78 is 13.2. The summed E-state index contributed by atoms with van der Waals surface area (Å²) in [6.07, 6.45) is 3.69. The fourth-order valence-electron chi connectivity index (χ4n) is 3.35. The van der Waals surface area contributed by atoms with E-state index in [0.29, 0.717) is 10.6 Å². The Labute approximate surface area is 175 Å². The Morgan fingerprint density at radius 2 is 1.83 bits per heavy atom. The maximum Gasteiger partial charge on any atom is 0.255 e. The SMILES string of the molecule is CC(C)C(NC(=O)CSc1ccc(C(=O)N2CCCC2)cn1)c1ccc(F)cc1. The molecule has 0 bridgehead atoms. The molecule has 2 aromatic rings. The number of halogens is 1. The van der Waals surface area contributed by atoms with E-state index in [1.807, 2.05) is 18.7 Å². The van der Waals surface area contributed by atoms with Gasteiger partial charge in [0.05, 0.1) is 22.4 Å². The molecule has 1 aromatic carbocycles. The van der Waals surface area contributed by atoms with Crippen molar-refractivity contribution in [2.75, 3.05) is 18.8 Å². The third-order valence-corrected chi connectivity index (χ3v) is 5.88. The Balaban J connectivity index is 1.54. The molecule has 0 spiro atoms. The molecule has 2 heterocycles. The van der Waals surface area contributed by atoms with Crippen LogP contribution in [0.25, 0.3) is 0 Å². The van der Waals surface area contributed by atoms with Crippen LogP contribution < -0.4 is 5.32 Å². The lowest BCUT2D eigenvalue weighted by molar-refractivity contribution is -0.119. The van der Waals surface area contributed by atoms with Gasteiger partial charge in [-0.15, -0.1) is 0 Å². The summed E-state index contributed by atoms with van der Waals surface area (Å²) in [6, 6.07) is 9.57. The van der Waals surface area contributed by atoms with Crippen LogP contribution in [-0.2, 0) is 4.79 Å². The number of nitrogens with one attached hydrogen (secondary N) is 1. The van der Waals surface area contributed by atoms with E-state index in [-0.39, 0.29) is 35.3 Å². The number of hydrogen-bond donors (Lipinski definition) is 1. The molecule has 0 aliphatic carbocycles. The second kappa shape index (κ2) is 9.87. The van der Waals surface area contributed by atoms with Crippen molar-refractivity contribution in [2.24, 2.45) is 5.92 Å². The molecule has 1 aliphatic heterocycles. The summed E-state index contributed by atoms with van der Waals surface area (Å²) in [5, 5.41) is 3.71. The highest BCUT2D eigenvalue weighted by Gasteiger charge is 2.20. The average molecular weight is 416 g/mol. The van der Waals surface area contributed by atoms with Gasteiger partial charge >= 0.3 is 0 Å². The fraction of sp³-hybridized carbons (Fsp3) is 0.409. The molecular weight excluding hydrogens is 389 g/mol. The van der Waals surface area contributed by atoms with Crippen LogP contribution >= 0.6 is 11.8 Å². The van der Waals surface area contributed by atoms with Gasteiger partial charge in [-0.25, -0.2) is 9.37 Å². The summed E-state index contributed by atoms with van der Waals surface area (Å²) in [7, 11) is 0. The monoisotopic (exact) mass is 415 g/mol. The van der Waals surface area contributed by atoms with Crippen molar-refractivity contribution in [3.8, 4) is 0 Å². The molecule has 154 valence electrons. The van der Waals surface area contributed by atoms with Crippen LogP contribution in [0.2, 0.25) is 0 Å². The minimum absolute atomic E-state index is 0.0170. The lowest BCUT2D eigenvalue weighted by Gasteiger charge is -2.23. The van der Waals surface area contributed by atoms with Crippen LogP contribution in [0.15, 0.2) is 47.6 Å². The van der Waals surface area contributed by atoms with Gasteiger partial charge in [0.25, 0.3) is 5.91 Å². The minimum Gasteiger partial charge on any atom is -0.348 e. The number of likely N-dealkylation sites (tertiary alicyclic amines) is 1. The summed E-state index contributed by atoms with van der Waals surface area (Å²) in [6.45, 7) is 5.64. The highest BCUT2D eigenvalue weighted by Crippen LogP contribution is 2.23. The van der Waals surface area contributed by atoms with Crippen LogP contribution in [0.3, 0.4) is 0 Å². The van der Waals surface area contributed by atoms with Gasteiger partial charge in [0.1, 0.15) is 5.82 Å². The third-order valence-electron chi connectivity index (χ3n) is 4.94. The normalized spacial score (nSPS) is 14.8. The number of pyridine rings is 1. The molecule has 1 aromatic heterocycles. The third kappa shape index (κ3) is 5.79. The molecule has 3 rings (SSSR count). The van der Waals surface area contributed by atoms with Crippen molar-refractivity contribution in [3.63, 3.8) is 0 Å². The second-order valence-electron chi connectivity index (χ2n) is 7.51. The molecule has 7 heteroatoms. The molecule has 0 radical (unpaired) electrons. The fourth-order valence-corrected chi connectivity index (χ4v) is 4.01. The number of hydrogen-bond acceptors (Lipinski definition) is 4. The number of benzene rings is 1. The molecule has 0 saturated carbocycles. The van der Waals surface area contributed by atoms with E-state index < -0.39 is 0 Å². The molecule has 2 amide bonds. The van der Waals surface area contributed by atoms with E-state index >= 15 is 0 Å². The minimum atomic E-state index is -0.295. The van der Waals surface area contributed by atoms with Gasteiger partial charge in [-0.2, -0.15) is 0 Å². The molecule has 1 aliphatic rings. The Bertz CT molecular complexity index is 834. The van der Waals surface area contributed by atoms with Crippen LogP contribution in [0, 0.1) is 11.7 Å². The number of rotatable bonds is 7. The Morgan fingerprint density at radius 3 is 2.41 bits per heavy atom. The topological polar surface area (TPSA) is 62.3 Å². The largest absolute Gasteiger partial charge is 0.348 e. The van der Waals surface area contributed by atoms with Crippen molar-refractivity contribution < 1.29 is 14.0 Å². The van der Waals surface area contributed by atoms with E-state index in [2.05, 4.69) is 10.3 Å². The van der Waals surface area contributed by atoms with Crippen LogP contribution in [0.4, 0.5) is 4.39 Å². The number of aromatic nitrogens is 1. The lowest BCUT2D eigenvalue weighted by Crippen LogP contribution is -2.33. The zero-order chi connectivity index (χ0) is 20.8. The number of thioether (sulfide) groups is 1. The predicted molar refractivity (Wildman–Crippen MR) is 112 cm³/mol. The summed E-state index contributed by atoms with van der Waals surface area (Å²) >= 11 is 1.32. The molecule has 1 saturated heterocycles. The first-order valence-corrected chi connectivity index (χ1v) is 10.9. The van der Waals surface area contributed by atoms with E-state index in [0.717, 1.165) is 31.5 Å². The predicted octanol–water partition coefficient (Wildman–Crippen LogP) is 4.06. The molecule has 1 atom stereocenters. The van der Waals surface area contributed by atoms with Crippen molar-refractivity contribution in [2.45, 2.75) is 37.8 Å². The Kier molecular flexibility index (Phi) is 7.25. The maximum absolute atomic E-state index is 13.2. The zero-order valence-electron chi connectivity index (χ0n) is 16.7. The summed E-state index contributed by atoms with van der Waals surface area (Å²) in [5.74, 6) is -0.00342. The Hall–Kier alpha value is -2.41. The standard InChI is InChI=1S/C22H26FN3O2S/c1-15(2)21(16-5-8-18(23)9-6-16)25-19(27)14-29-20-10-7-17(13-24-20)22(28)26-11-3-4-12-26/h5-10,13,15,21H,3-4,11-12,14H2,1-2H3,(H,25,27). The number of amides is 2. The first kappa shape index (κ1) is 21.3. The van der Waals surface area contributed by atoms with Gasteiger partial charge in [0.2, 0.25) is 5.91 Å². The van der Waals surface area contributed by atoms with E-state index in [1.54, 1.807) is 30.5 Å². The lowest BCUT2D eigenvalue weighted by atomic mass is 9.96. The zero-order valence-corrected chi connectivity index (χ0v) is 17.5. The molecule has 1 unspecified atom stereocenters. The highest BCUT2D eigenvalue weighted by molar-refractivity contribution is 7.99. The van der Waals surface area contributed by atoms with Gasteiger partial charge in [-0.05, 0) is 48.6 Å². The van der Waals surface area contributed by atoms with Gasteiger partial charge in [0.15, 0.2) is 0 Å². The smallest absolute Gasteiger partial charge is 0.255 e. The second-order valence-corrected chi connectivity index (χ2v) is 8.51. The molecule has 5 nitrogen and oxygen atoms in total. The summed E-state index contributed by atoms with van der Waals surface area (Å²) in [5.41, 5.74) is 1.46. The van der Waals surface area contributed by atoms with Crippen LogP contribution in [-0.4, -0.2) is 40.5 Å². The van der Waals surface area contributed by atoms with Gasteiger partial charge in [-0.3, -0.25) is 9.59 Å². The maximum atomic E-state index is 13.2. The van der Waals surface area contributed by atoms with E-state index in [1.165, 1.54) is 23.9 Å². The van der Waals surface area contributed by atoms with Gasteiger partial charge in [0, 0.05) is 19.3 Å². The van der Waals surface area contributed by atoms with Crippen molar-refractivity contribution in [1.29, 1.82) is 0 Å². The van der Waals surface area contributed by atoms with Crippen molar-refractivity contribution >= 4 is 23.6 Å². The number of carbonyl (C=O) groups is 2. The molecular formula is C22H26FN3O2S. The number of carbonyl (C=O) groups excluding carboxylic acids is 2. The van der Waals surface area contributed by atoms with Gasteiger partial charge in [-0.1, -0.05) is 37.7 Å². The average Bonchev–Trinajstić information content (AvgIpc) is 3.26. The molecule has 29 heavy (non-hydrogen) atoms. The highest BCUT2D eigenvalue weighted by atomic mass is 32.2. The summed E-state index contributed by atoms with van der Waals surface area (Å²) in [4.78, 5) is 30.9. The molecule has 1 fully saturated rings.